The predicted octanol–water partition coefficient (Wildman–Crippen LogP) is 5.48. The molecule has 0 saturated carbocycles. The highest BCUT2D eigenvalue weighted by Crippen LogP contribution is 2.27. The Morgan fingerprint density at radius 1 is 1.14 bits per heavy atom. The van der Waals surface area contributed by atoms with E-state index in [9.17, 15) is 9.59 Å². The maximum absolute atomic E-state index is 12.4. The molecule has 0 N–H and O–H groups in total. The van der Waals surface area contributed by atoms with Crippen molar-refractivity contribution < 1.29 is 18.7 Å². The third-order valence-electron chi connectivity index (χ3n) is 4.55. The molecule has 0 saturated heterocycles. The lowest BCUT2D eigenvalue weighted by atomic mass is 10.0. The van der Waals surface area contributed by atoms with E-state index in [1.54, 1.807) is 37.3 Å². The van der Waals surface area contributed by atoms with E-state index in [2.05, 4.69) is 0 Å². The third-order valence-corrected chi connectivity index (χ3v) is 5.14. The molecule has 0 aliphatic heterocycles. The van der Waals surface area contributed by atoms with Gasteiger partial charge in [-0.2, -0.15) is 0 Å². The number of hydrogen-bond acceptors (Lipinski definition) is 5. The number of benzene rings is 2. The van der Waals surface area contributed by atoms with Gasteiger partial charge in [-0.15, -0.1) is 0 Å². The number of aryl methyl sites for hydroxylation is 1. The molecule has 7 heteroatoms. The first-order valence-corrected chi connectivity index (χ1v) is 9.93. The summed E-state index contributed by atoms with van der Waals surface area (Å²) in [5.74, 6) is 0.210. The Bertz CT molecular complexity index is 1100. The lowest BCUT2D eigenvalue weighted by Crippen LogP contribution is -2.13. The summed E-state index contributed by atoms with van der Waals surface area (Å²) >= 11 is 12.1. The number of halogens is 2. The zero-order valence-electron chi connectivity index (χ0n) is 16.1. The number of carbonyl (C=O) groups excluding carboxylic acids is 1. The van der Waals surface area contributed by atoms with E-state index in [0.717, 1.165) is 16.5 Å². The second kappa shape index (κ2) is 9.33. The maximum Gasteiger partial charge on any atom is 0.339 e. The van der Waals surface area contributed by atoms with Crippen molar-refractivity contribution in [1.29, 1.82) is 0 Å². The zero-order chi connectivity index (χ0) is 21.0. The van der Waals surface area contributed by atoms with Gasteiger partial charge in [0, 0.05) is 39.0 Å². The first kappa shape index (κ1) is 21.2. The summed E-state index contributed by atoms with van der Waals surface area (Å²) in [6.07, 6.45) is 0.407. The van der Waals surface area contributed by atoms with Gasteiger partial charge in [-0.1, -0.05) is 29.3 Å². The monoisotopic (exact) mass is 434 g/mol. The molecule has 0 aliphatic rings. The predicted molar refractivity (Wildman–Crippen MR) is 113 cm³/mol. The lowest BCUT2D eigenvalue weighted by Gasteiger charge is -2.11. The second-order valence-electron chi connectivity index (χ2n) is 6.48. The molecule has 0 radical (unpaired) electrons. The number of ether oxygens (including phenoxy) is 2. The van der Waals surface area contributed by atoms with Crippen LogP contribution >= 0.6 is 23.2 Å². The van der Waals surface area contributed by atoms with Crippen molar-refractivity contribution in [2.75, 3.05) is 6.61 Å². The smallest absolute Gasteiger partial charge is 0.339 e. The molecule has 29 heavy (non-hydrogen) atoms. The van der Waals surface area contributed by atoms with E-state index in [0.29, 0.717) is 33.5 Å². The molecule has 3 rings (SSSR count). The van der Waals surface area contributed by atoms with Crippen molar-refractivity contribution in [3.05, 3.63) is 73.6 Å². The molecule has 0 fully saturated rings. The minimum atomic E-state index is -0.461. The summed E-state index contributed by atoms with van der Waals surface area (Å²) in [5, 5.41) is 1.87. The van der Waals surface area contributed by atoms with Crippen LogP contribution in [0.5, 0.6) is 5.75 Å². The summed E-state index contributed by atoms with van der Waals surface area (Å²) in [6.45, 7) is 4.15. The molecular formula is C22H20Cl2O5. The quantitative estimate of drug-likeness (QED) is 0.363. The van der Waals surface area contributed by atoms with Gasteiger partial charge >= 0.3 is 11.6 Å². The number of esters is 1. The van der Waals surface area contributed by atoms with Crippen molar-refractivity contribution >= 4 is 40.1 Å². The summed E-state index contributed by atoms with van der Waals surface area (Å²) in [7, 11) is 0. The van der Waals surface area contributed by atoms with Gasteiger partial charge in [0.2, 0.25) is 0 Å². The Balaban J connectivity index is 1.80. The summed E-state index contributed by atoms with van der Waals surface area (Å²) in [6, 6.07) is 10.5. The number of hydrogen-bond donors (Lipinski definition) is 0. The Kier molecular flexibility index (Phi) is 6.83. The topological polar surface area (TPSA) is 65.7 Å². The molecule has 2 aromatic carbocycles. The summed E-state index contributed by atoms with van der Waals surface area (Å²) < 4.78 is 16.2. The third kappa shape index (κ3) is 5.11. The van der Waals surface area contributed by atoms with Gasteiger partial charge in [0.15, 0.2) is 0 Å². The molecule has 1 heterocycles. The zero-order valence-corrected chi connectivity index (χ0v) is 17.6. The number of rotatable bonds is 7. The lowest BCUT2D eigenvalue weighted by molar-refractivity contribution is -0.143. The maximum atomic E-state index is 12.4. The molecule has 5 nitrogen and oxygen atoms in total. The van der Waals surface area contributed by atoms with Gasteiger partial charge in [0.25, 0.3) is 0 Å². The van der Waals surface area contributed by atoms with Crippen LogP contribution in [0.1, 0.15) is 30.0 Å². The van der Waals surface area contributed by atoms with Gasteiger partial charge < -0.3 is 13.9 Å². The fourth-order valence-electron chi connectivity index (χ4n) is 3.01. The summed E-state index contributed by atoms with van der Waals surface area (Å²) in [5.41, 5.74) is 2.02. The molecule has 0 atom stereocenters. The van der Waals surface area contributed by atoms with Crippen LogP contribution in [0.4, 0.5) is 0 Å². The van der Waals surface area contributed by atoms with Crippen LogP contribution in [0.25, 0.3) is 11.0 Å². The van der Waals surface area contributed by atoms with E-state index in [1.807, 2.05) is 13.0 Å². The molecule has 0 aliphatic carbocycles. The molecule has 0 bridgehead atoms. The molecule has 1 aromatic heterocycles. The normalized spacial score (nSPS) is 10.9. The average molecular weight is 435 g/mol. The highest BCUT2D eigenvalue weighted by Gasteiger charge is 2.14. The Morgan fingerprint density at radius 3 is 2.66 bits per heavy atom. The molecule has 3 aromatic rings. The van der Waals surface area contributed by atoms with Crippen LogP contribution in [0.2, 0.25) is 10.0 Å². The Morgan fingerprint density at radius 2 is 1.93 bits per heavy atom. The summed E-state index contributed by atoms with van der Waals surface area (Å²) in [4.78, 5) is 24.0. The van der Waals surface area contributed by atoms with Crippen molar-refractivity contribution in [2.45, 2.75) is 33.3 Å². The fraction of sp³-hybridized carbons (Fsp3) is 0.273. The number of carbonyl (C=O) groups is 1. The van der Waals surface area contributed by atoms with E-state index in [-0.39, 0.29) is 25.4 Å². The standard InChI is InChI=1S/C22H20Cl2O5/c1-3-27-21(25)9-8-18-13(2)17-7-6-16(11-20(17)29-22(18)26)28-12-14-4-5-15(23)10-19(14)24/h4-7,10-11H,3,8-9,12H2,1-2H3. The van der Waals surface area contributed by atoms with Crippen LogP contribution in [0.3, 0.4) is 0 Å². The molecular weight excluding hydrogens is 415 g/mol. The van der Waals surface area contributed by atoms with Gasteiger partial charge in [-0.25, -0.2) is 4.79 Å². The van der Waals surface area contributed by atoms with Gasteiger partial charge in [0.05, 0.1) is 6.61 Å². The van der Waals surface area contributed by atoms with E-state index >= 15 is 0 Å². The molecule has 0 spiro atoms. The average Bonchev–Trinajstić information content (AvgIpc) is 2.67. The Labute approximate surface area is 178 Å². The first-order chi connectivity index (χ1) is 13.9. The largest absolute Gasteiger partial charge is 0.489 e. The van der Waals surface area contributed by atoms with Crippen LogP contribution in [-0.4, -0.2) is 12.6 Å². The minimum Gasteiger partial charge on any atom is -0.489 e. The second-order valence-corrected chi connectivity index (χ2v) is 7.32. The van der Waals surface area contributed by atoms with Crippen molar-refractivity contribution in [1.82, 2.24) is 0 Å². The highest BCUT2D eigenvalue weighted by atomic mass is 35.5. The molecule has 0 amide bonds. The minimum absolute atomic E-state index is 0.133. The van der Waals surface area contributed by atoms with Crippen LogP contribution in [-0.2, 0) is 22.6 Å². The van der Waals surface area contributed by atoms with Gasteiger partial charge in [-0.05, 0) is 50.1 Å². The van der Waals surface area contributed by atoms with Crippen LogP contribution in [0.15, 0.2) is 45.6 Å². The first-order valence-electron chi connectivity index (χ1n) is 9.17. The van der Waals surface area contributed by atoms with E-state index < -0.39 is 5.63 Å². The van der Waals surface area contributed by atoms with Crippen molar-refractivity contribution in [3.63, 3.8) is 0 Å². The van der Waals surface area contributed by atoms with Crippen LogP contribution < -0.4 is 10.4 Å². The van der Waals surface area contributed by atoms with Gasteiger partial charge in [0.1, 0.15) is 17.9 Å². The van der Waals surface area contributed by atoms with Crippen molar-refractivity contribution in [2.24, 2.45) is 0 Å². The number of fused-ring (bicyclic) bond motifs is 1. The van der Waals surface area contributed by atoms with E-state index in [1.165, 1.54) is 0 Å². The van der Waals surface area contributed by atoms with E-state index in [4.69, 9.17) is 37.1 Å². The van der Waals surface area contributed by atoms with Crippen LogP contribution in [0, 0.1) is 6.92 Å². The highest BCUT2D eigenvalue weighted by molar-refractivity contribution is 6.35. The van der Waals surface area contributed by atoms with Gasteiger partial charge in [-0.3, -0.25) is 4.79 Å². The molecule has 152 valence electrons. The molecule has 0 unspecified atom stereocenters. The Hall–Kier alpha value is -2.50. The fourth-order valence-corrected chi connectivity index (χ4v) is 3.48. The SMILES string of the molecule is CCOC(=O)CCc1c(C)c2ccc(OCc3ccc(Cl)cc3Cl)cc2oc1=O. The van der Waals surface area contributed by atoms with Crippen molar-refractivity contribution in [3.8, 4) is 5.75 Å².